The van der Waals surface area contributed by atoms with E-state index in [1.807, 2.05) is 18.2 Å². The molecule has 0 aliphatic carbocycles. The zero-order valence-electron chi connectivity index (χ0n) is 17.5. The van der Waals surface area contributed by atoms with Crippen molar-refractivity contribution in [3.8, 4) is 0 Å². The van der Waals surface area contributed by atoms with Gasteiger partial charge in [-0.2, -0.15) is 0 Å². The maximum Gasteiger partial charge on any atom is 0.277 e. The van der Waals surface area contributed by atoms with Gasteiger partial charge in [0, 0.05) is 26.6 Å². The van der Waals surface area contributed by atoms with Crippen LogP contribution in [-0.2, 0) is 21.8 Å². The molecular formula is C20H24ClN5O4S. The lowest BCUT2D eigenvalue weighted by molar-refractivity contribution is 0.0804. The average molecular weight is 466 g/mol. The number of aryl methyl sites for hydroxylation is 1. The first-order valence-electron chi connectivity index (χ1n) is 9.83. The van der Waals surface area contributed by atoms with Crippen molar-refractivity contribution < 1.29 is 13.2 Å². The maximum atomic E-state index is 12.6. The summed E-state index contributed by atoms with van der Waals surface area (Å²) in [6.07, 6.45) is 3.09. The van der Waals surface area contributed by atoms with Crippen molar-refractivity contribution in [2.45, 2.75) is 18.8 Å². The second-order valence-electron chi connectivity index (χ2n) is 7.74. The molecule has 0 bridgehead atoms. The Morgan fingerprint density at radius 2 is 2.10 bits per heavy atom. The molecule has 1 atom stereocenters. The number of nitrogens with one attached hydrogen (secondary N) is 2. The average Bonchev–Trinajstić information content (AvgIpc) is 3.01. The number of ether oxygens (including phenoxy) is 1. The van der Waals surface area contributed by atoms with Gasteiger partial charge >= 0.3 is 0 Å². The van der Waals surface area contributed by atoms with E-state index in [0.717, 1.165) is 31.3 Å². The highest BCUT2D eigenvalue weighted by Gasteiger charge is 2.22. The number of sulfonamides is 1. The molecule has 0 spiro atoms. The van der Waals surface area contributed by atoms with Gasteiger partial charge in [0.05, 0.1) is 29.9 Å². The van der Waals surface area contributed by atoms with E-state index in [0.29, 0.717) is 34.7 Å². The first-order chi connectivity index (χ1) is 14.6. The van der Waals surface area contributed by atoms with Crippen molar-refractivity contribution in [1.29, 1.82) is 0 Å². The Morgan fingerprint density at radius 3 is 2.77 bits per heavy atom. The monoisotopic (exact) mass is 465 g/mol. The number of aromatic nitrogens is 3. The van der Waals surface area contributed by atoms with Crippen molar-refractivity contribution in [2.75, 3.05) is 36.1 Å². The quantitative estimate of drug-likeness (QED) is 0.561. The Kier molecular flexibility index (Phi) is 5.71. The van der Waals surface area contributed by atoms with Crippen LogP contribution in [0.15, 0.2) is 29.1 Å². The molecule has 2 aromatic heterocycles. The summed E-state index contributed by atoms with van der Waals surface area (Å²) in [7, 11) is -0.431. The molecule has 1 unspecified atom stereocenters. The lowest BCUT2D eigenvalue weighted by atomic mass is 9.93. The molecule has 1 fully saturated rings. The van der Waals surface area contributed by atoms with Crippen LogP contribution in [0, 0.1) is 0 Å². The van der Waals surface area contributed by atoms with E-state index >= 15 is 0 Å². The van der Waals surface area contributed by atoms with Gasteiger partial charge in [-0.3, -0.25) is 18.9 Å². The summed E-state index contributed by atoms with van der Waals surface area (Å²) in [5, 5.41) is 6.59. The maximum absolute atomic E-state index is 12.6. The van der Waals surface area contributed by atoms with Crippen molar-refractivity contribution in [3.05, 3.63) is 45.3 Å². The number of pyridine rings is 1. The summed E-state index contributed by atoms with van der Waals surface area (Å²) in [6.45, 7) is 1.35. The van der Waals surface area contributed by atoms with E-state index in [9.17, 15) is 13.2 Å². The van der Waals surface area contributed by atoms with Gasteiger partial charge in [-0.1, -0.05) is 17.7 Å². The van der Waals surface area contributed by atoms with Gasteiger partial charge in [0.25, 0.3) is 5.56 Å². The highest BCUT2D eigenvalue weighted by molar-refractivity contribution is 7.92. The smallest absolute Gasteiger partial charge is 0.277 e. The summed E-state index contributed by atoms with van der Waals surface area (Å²) in [5.74, 6) is 0.202. The van der Waals surface area contributed by atoms with Crippen LogP contribution >= 0.6 is 11.6 Å². The fraction of sp³-hybridized carbons (Fsp3) is 0.400. The second-order valence-corrected chi connectivity index (χ2v) is 10.1. The number of anilines is 3. The predicted molar refractivity (Wildman–Crippen MR) is 122 cm³/mol. The molecule has 4 rings (SSSR count). The molecule has 1 aromatic carbocycles. The van der Waals surface area contributed by atoms with Crippen LogP contribution < -0.4 is 15.2 Å². The van der Waals surface area contributed by atoms with Gasteiger partial charge in [0.15, 0.2) is 5.65 Å². The molecule has 11 heteroatoms. The van der Waals surface area contributed by atoms with Crippen molar-refractivity contribution in [3.63, 3.8) is 0 Å². The Labute approximate surface area is 185 Å². The summed E-state index contributed by atoms with van der Waals surface area (Å²) in [5.41, 5.74) is 2.52. The minimum absolute atomic E-state index is 0.200. The largest absolute Gasteiger partial charge is 0.381 e. The van der Waals surface area contributed by atoms with E-state index in [-0.39, 0.29) is 16.6 Å². The molecule has 2 N–H and O–H groups in total. The number of aromatic amines is 1. The van der Waals surface area contributed by atoms with E-state index < -0.39 is 10.0 Å². The van der Waals surface area contributed by atoms with Gasteiger partial charge in [-0.15, -0.1) is 0 Å². The Morgan fingerprint density at radius 1 is 1.32 bits per heavy atom. The minimum Gasteiger partial charge on any atom is -0.381 e. The van der Waals surface area contributed by atoms with E-state index in [2.05, 4.69) is 15.4 Å². The van der Waals surface area contributed by atoms with E-state index in [1.54, 1.807) is 13.1 Å². The van der Waals surface area contributed by atoms with Gasteiger partial charge in [-0.25, -0.2) is 13.4 Å². The number of H-pyrrole nitrogens is 1. The van der Waals surface area contributed by atoms with Gasteiger partial charge in [-0.05, 0) is 36.6 Å². The third-order valence-electron chi connectivity index (χ3n) is 5.54. The molecule has 0 saturated carbocycles. The SMILES string of the molecule is CN(c1cc(C2CCCOC2)ccc1Nc1cc(Cl)nc2[nH]n(C)c(=O)c12)S(C)(=O)=O. The van der Waals surface area contributed by atoms with Crippen molar-refractivity contribution in [1.82, 2.24) is 14.8 Å². The van der Waals surface area contributed by atoms with E-state index in [1.165, 1.54) is 16.0 Å². The first kappa shape index (κ1) is 21.7. The van der Waals surface area contributed by atoms with Gasteiger partial charge < -0.3 is 10.1 Å². The number of benzene rings is 1. The van der Waals surface area contributed by atoms with Crippen LogP contribution in [0.4, 0.5) is 17.1 Å². The number of rotatable bonds is 5. The second kappa shape index (κ2) is 8.18. The Bertz CT molecular complexity index is 1290. The summed E-state index contributed by atoms with van der Waals surface area (Å²) >= 11 is 6.15. The number of nitrogens with zero attached hydrogens (tertiary/aromatic N) is 3. The topological polar surface area (TPSA) is 109 Å². The van der Waals surface area contributed by atoms with E-state index in [4.69, 9.17) is 16.3 Å². The summed E-state index contributed by atoms with van der Waals surface area (Å²) in [4.78, 5) is 16.7. The zero-order chi connectivity index (χ0) is 22.3. The molecule has 166 valence electrons. The predicted octanol–water partition coefficient (Wildman–Crippen LogP) is 2.95. The molecular weight excluding hydrogens is 442 g/mol. The molecule has 0 amide bonds. The van der Waals surface area contributed by atoms with Crippen LogP contribution in [0.1, 0.15) is 24.3 Å². The van der Waals surface area contributed by atoms with Crippen LogP contribution in [-0.4, -0.2) is 49.7 Å². The van der Waals surface area contributed by atoms with Crippen LogP contribution in [0.3, 0.4) is 0 Å². The molecule has 3 heterocycles. The van der Waals surface area contributed by atoms with Gasteiger partial charge in [0.2, 0.25) is 10.0 Å². The molecule has 31 heavy (non-hydrogen) atoms. The van der Waals surface area contributed by atoms with Crippen molar-refractivity contribution >= 4 is 49.7 Å². The van der Waals surface area contributed by atoms with Crippen LogP contribution in [0.25, 0.3) is 11.0 Å². The Hall–Kier alpha value is -2.56. The standard InChI is InChI=1S/C20H24ClN5O4S/c1-25-20(27)18-15(10-17(21)23-19(18)24-25)22-14-7-6-12(13-5-4-8-30-11-13)9-16(14)26(2)31(3,28)29/h6-7,9-10,13H,4-5,8,11H2,1-3H3,(H2,22,23,24). The minimum atomic E-state index is -3.52. The molecule has 1 aliphatic heterocycles. The molecule has 1 aliphatic rings. The number of hydrogen-bond acceptors (Lipinski definition) is 6. The van der Waals surface area contributed by atoms with Crippen LogP contribution in [0.2, 0.25) is 5.15 Å². The third-order valence-corrected chi connectivity index (χ3v) is 6.93. The zero-order valence-corrected chi connectivity index (χ0v) is 19.0. The van der Waals surface area contributed by atoms with Crippen molar-refractivity contribution in [2.24, 2.45) is 7.05 Å². The highest BCUT2D eigenvalue weighted by Crippen LogP contribution is 2.36. The Balaban J connectivity index is 1.83. The summed E-state index contributed by atoms with van der Waals surface area (Å²) in [6, 6.07) is 7.18. The molecule has 0 radical (unpaired) electrons. The highest BCUT2D eigenvalue weighted by atomic mass is 35.5. The van der Waals surface area contributed by atoms with Gasteiger partial charge in [0.1, 0.15) is 10.5 Å². The summed E-state index contributed by atoms with van der Waals surface area (Å²) < 4.78 is 32.8. The molecule has 1 saturated heterocycles. The van der Waals surface area contributed by atoms with Crippen LogP contribution in [0.5, 0.6) is 0 Å². The lowest BCUT2D eigenvalue weighted by Gasteiger charge is -2.26. The third kappa shape index (κ3) is 4.28. The number of hydrogen-bond donors (Lipinski definition) is 2. The fourth-order valence-corrected chi connectivity index (χ4v) is 4.49. The number of halogens is 1. The first-order valence-corrected chi connectivity index (χ1v) is 12.1. The fourth-order valence-electron chi connectivity index (χ4n) is 3.78. The molecule has 9 nitrogen and oxygen atoms in total. The lowest BCUT2D eigenvalue weighted by Crippen LogP contribution is -2.26. The molecule has 3 aromatic rings. The normalized spacial score (nSPS) is 17.1. The number of fused-ring (bicyclic) bond motifs is 1.